The van der Waals surface area contributed by atoms with Crippen LogP contribution in [0.2, 0.25) is 0 Å². The molecule has 8 rings (SSSR count). The number of unbranched alkanes of at least 4 members (excludes halogenated alkanes) is 1. The van der Waals surface area contributed by atoms with Crippen LogP contribution >= 0.6 is 11.3 Å². The number of nitrogens with zero attached hydrogens (tertiary/aromatic N) is 5. The highest BCUT2D eigenvalue weighted by Gasteiger charge is 2.44. The van der Waals surface area contributed by atoms with E-state index in [2.05, 4.69) is 20.6 Å². The number of aromatic nitrogens is 4. The number of β-amino-alcohol motifs (C(OH)–C–C–N with tert-alkyl or cyclic N) is 1. The van der Waals surface area contributed by atoms with Gasteiger partial charge in [0.1, 0.15) is 41.3 Å². The molecule has 18 nitrogen and oxygen atoms in total. The van der Waals surface area contributed by atoms with E-state index in [1.165, 1.54) is 47.4 Å². The topological polar surface area (TPSA) is 250 Å². The molecule has 4 heterocycles. The van der Waals surface area contributed by atoms with Crippen molar-refractivity contribution in [2.75, 3.05) is 23.6 Å². The van der Waals surface area contributed by atoms with E-state index < -0.39 is 75.0 Å². The molecule has 4 atom stereocenters. The molecule has 4 aromatic carbocycles. The van der Waals surface area contributed by atoms with E-state index in [4.69, 9.17) is 20.3 Å². The molecule has 79 heavy (non-hydrogen) atoms. The number of fused-ring (bicyclic) bond motifs is 1. The van der Waals surface area contributed by atoms with Crippen LogP contribution in [0.25, 0.3) is 43.7 Å². The van der Waals surface area contributed by atoms with Gasteiger partial charge in [0.05, 0.1) is 50.9 Å². The van der Waals surface area contributed by atoms with Gasteiger partial charge in [0.25, 0.3) is 10.0 Å². The first kappa shape index (κ1) is 57.3. The van der Waals surface area contributed by atoms with Crippen molar-refractivity contribution >= 4 is 67.5 Å². The summed E-state index contributed by atoms with van der Waals surface area (Å²) in [5.41, 5.74) is 13.3. The second-order valence-electron chi connectivity index (χ2n) is 20.3. The summed E-state index contributed by atoms with van der Waals surface area (Å²) in [6, 6.07) is 21.9. The number of nitrogens with two attached hydrogens (primary N) is 1. The zero-order chi connectivity index (χ0) is 56.9. The van der Waals surface area contributed by atoms with Crippen LogP contribution in [0.3, 0.4) is 0 Å². The van der Waals surface area contributed by atoms with Crippen molar-refractivity contribution in [1.82, 2.24) is 35.3 Å². The third-order valence-corrected chi connectivity index (χ3v) is 15.4. The van der Waals surface area contributed by atoms with Gasteiger partial charge in [-0.1, -0.05) is 75.4 Å². The standard InChI is InChI=1S/C56H60F3N9O9S2/c1-31-49(78-30-63-31)36-12-10-33(11-13-36)27-62-52(71)43-26-40(69)29-68(43)53(72)50(56(3,4)5)64-45(70)9-7-8-24-76-54(73)37-16-14-35(15-17-37)41-28-61-51(60)46-47(65-67(6)48(41)46)38-20-23-42(66-79(74,75)55(58)59)44(25-38)77-32(2)34-18-21-39(57)22-19-34/h10-23,25,28,30,32,40,43,50,55,66,69H,7-9,24,26-27,29H2,1-6H3,(H2,60,61)(H,62,71)(H,64,70)/t32?,40-,43+,50?/m1/s1. The number of sulfonamides is 1. The molecule has 1 fully saturated rings. The third-order valence-electron chi connectivity index (χ3n) is 13.5. The Morgan fingerprint density at radius 2 is 1.62 bits per heavy atom. The van der Waals surface area contributed by atoms with E-state index in [0.717, 1.165) is 21.7 Å². The number of pyridine rings is 1. The number of carbonyl (C=O) groups excluding carboxylic acids is 4. The SMILES string of the molecule is Cc1ncsc1-c1ccc(CNC(=O)[C@@H]2C[C@@H](O)CN2C(=O)C(NC(=O)CCCCOC(=O)c2ccc(-c3cnc(N)c4c(-c5ccc(NS(=O)(=O)C(F)F)c(OC(C)c6ccc(F)cc6)c5)nn(C)c34)cc2)C(C)(C)C)cc1. The minimum absolute atomic E-state index is 0.00512. The summed E-state index contributed by atoms with van der Waals surface area (Å²) in [7, 11) is -3.43. The van der Waals surface area contributed by atoms with Gasteiger partial charge in [-0.25, -0.2) is 27.6 Å². The number of hydrogen-bond acceptors (Lipinski definition) is 14. The number of anilines is 2. The molecule has 23 heteroatoms. The van der Waals surface area contributed by atoms with E-state index in [0.29, 0.717) is 51.7 Å². The van der Waals surface area contributed by atoms with Gasteiger partial charge in [-0.2, -0.15) is 13.9 Å². The molecule has 0 spiro atoms. The predicted octanol–water partition coefficient (Wildman–Crippen LogP) is 8.70. The molecular formula is C56H60F3N9O9S2. The number of aryl methyl sites for hydroxylation is 2. The first-order valence-electron chi connectivity index (χ1n) is 25.3. The molecule has 416 valence electrons. The van der Waals surface area contributed by atoms with Crippen LogP contribution in [-0.4, -0.2) is 99.0 Å². The minimum Gasteiger partial charge on any atom is -0.484 e. The number of benzene rings is 4. The maximum atomic E-state index is 14.1. The second kappa shape index (κ2) is 24.0. The number of halogens is 3. The van der Waals surface area contributed by atoms with Crippen molar-refractivity contribution in [2.24, 2.45) is 12.5 Å². The summed E-state index contributed by atoms with van der Waals surface area (Å²) >= 11 is 1.55. The van der Waals surface area contributed by atoms with Crippen molar-refractivity contribution in [3.05, 3.63) is 131 Å². The molecule has 7 aromatic rings. The first-order valence-corrected chi connectivity index (χ1v) is 27.7. The molecule has 0 bridgehead atoms. The number of nitrogen functional groups attached to an aromatic ring is 1. The van der Waals surface area contributed by atoms with E-state index in [-0.39, 0.29) is 55.4 Å². The summed E-state index contributed by atoms with van der Waals surface area (Å²) < 4.78 is 80.3. The quantitative estimate of drug-likeness (QED) is 0.0354. The number of hydrogen-bond donors (Lipinski definition) is 5. The van der Waals surface area contributed by atoms with Gasteiger partial charge < -0.3 is 35.8 Å². The predicted molar refractivity (Wildman–Crippen MR) is 294 cm³/mol. The van der Waals surface area contributed by atoms with Gasteiger partial charge in [0.2, 0.25) is 17.7 Å². The molecule has 0 saturated carbocycles. The average Bonchev–Trinajstić information content (AvgIpc) is 4.37. The third kappa shape index (κ3) is 13.3. The number of carbonyl (C=O) groups is 4. The van der Waals surface area contributed by atoms with E-state index in [1.807, 2.05) is 35.9 Å². The minimum atomic E-state index is -5.10. The van der Waals surface area contributed by atoms with E-state index >= 15 is 0 Å². The molecule has 1 saturated heterocycles. The van der Waals surface area contributed by atoms with Crippen LogP contribution < -0.4 is 25.8 Å². The Morgan fingerprint density at radius 1 is 0.937 bits per heavy atom. The molecule has 3 aromatic heterocycles. The van der Waals surface area contributed by atoms with Gasteiger partial charge in [-0.15, -0.1) is 11.3 Å². The molecule has 2 unspecified atom stereocenters. The fourth-order valence-electron chi connectivity index (χ4n) is 9.23. The number of ether oxygens (including phenoxy) is 2. The van der Waals surface area contributed by atoms with Crippen LogP contribution in [0, 0.1) is 18.2 Å². The Labute approximate surface area is 458 Å². The number of aliphatic hydroxyl groups excluding tert-OH is 1. The Hall–Kier alpha value is -7.89. The van der Waals surface area contributed by atoms with Crippen LogP contribution in [0.5, 0.6) is 5.75 Å². The maximum absolute atomic E-state index is 14.1. The lowest BCUT2D eigenvalue weighted by Gasteiger charge is -2.35. The average molecular weight is 1120 g/mol. The number of rotatable bonds is 20. The fourth-order valence-corrected chi connectivity index (χ4v) is 10.6. The Bertz CT molecular complexity index is 3480. The van der Waals surface area contributed by atoms with Gasteiger partial charge in [0.15, 0.2) is 0 Å². The Kier molecular flexibility index (Phi) is 17.4. The summed E-state index contributed by atoms with van der Waals surface area (Å²) in [5, 5.41) is 21.5. The van der Waals surface area contributed by atoms with Gasteiger partial charge in [0, 0.05) is 50.3 Å². The maximum Gasteiger partial charge on any atom is 0.355 e. The lowest BCUT2D eigenvalue weighted by Crippen LogP contribution is -2.57. The lowest BCUT2D eigenvalue weighted by atomic mass is 9.85. The van der Waals surface area contributed by atoms with E-state index in [1.54, 1.807) is 86.7 Å². The number of aliphatic hydroxyl groups is 1. The summed E-state index contributed by atoms with van der Waals surface area (Å²) in [6.45, 7) is 9.15. The fraction of sp³-hybridized carbons (Fsp3) is 0.339. The highest BCUT2D eigenvalue weighted by Crippen LogP contribution is 2.41. The highest BCUT2D eigenvalue weighted by molar-refractivity contribution is 7.93. The highest BCUT2D eigenvalue weighted by atomic mass is 32.2. The summed E-state index contributed by atoms with van der Waals surface area (Å²) in [4.78, 5) is 65.3. The van der Waals surface area contributed by atoms with Crippen molar-refractivity contribution < 1.29 is 55.3 Å². The first-order chi connectivity index (χ1) is 37.5. The second-order valence-corrected chi connectivity index (χ2v) is 22.8. The zero-order valence-corrected chi connectivity index (χ0v) is 45.8. The van der Waals surface area contributed by atoms with Crippen molar-refractivity contribution in [3.63, 3.8) is 0 Å². The monoisotopic (exact) mass is 1120 g/mol. The summed E-state index contributed by atoms with van der Waals surface area (Å²) in [6.07, 6.45) is 0.600. The number of thiazole rings is 1. The molecular weight excluding hydrogens is 1060 g/mol. The molecule has 1 aliphatic rings. The number of esters is 1. The van der Waals surface area contributed by atoms with Crippen molar-refractivity contribution in [2.45, 2.75) is 96.9 Å². The number of nitrogens with one attached hydrogen (secondary N) is 3. The molecule has 1 aliphatic heterocycles. The number of amides is 3. The number of alkyl halides is 2. The van der Waals surface area contributed by atoms with Crippen molar-refractivity contribution in [1.29, 1.82) is 0 Å². The largest absolute Gasteiger partial charge is 0.484 e. The smallest absolute Gasteiger partial charge is 0.355 e. The van der Waals surface area contributed by atoms with Crippen LogP contribution in [-0.2, 0) is 42.7 Å². The molecule has 0 aliphatic carbocycles. The molecule has 0 radical (unpaired) electrons. The Balaban J connectivity index is 0.863. The Morgan fingerprint density at radius 3 is 2.28 bits per heavy atom. The lowest BCUT2D eigenvalue weighted by molar-refractivity contribution is -0.144. The summed E-state index contributed by atoms with van der Waals surface area (Å²) in [5.74, 6) is -6.13. The van der Waals surface area contributed by atoms with Gasteiger partial charge in [-0.05, 0) is 90.8 Å². The van der Waals surface area contributed by atoms with Crippen LogP contribution in [0.4, 0.5) is 24.7 Å². The van der Waals surface area contributed by atoms with Crippen LogP contribution in [0.1, 0.15) is 86.7 Å². The normalized spacial score (nSPS) is 15.5. The van der Waals surface area contributed by atoms with Gasteiger partial charge >= 0.3 is 11.7 Å². The molecule has 6 N–H and O–H groups in total. The van der Waals surface area contributed by atoms with E-state index in [9.17, 15) is 45.9 Å². The van der Waals surface area contributed by atoms with Gasteiger partial charge in [-0.3, -0.25) is 23.8 Å². The molecule has 3 amide bonds. The number of likely N-dealkylation sites (tertiary alicyclic amines) is 1. The van der Waals surface area contributed by atoms with Crippen molar-refractivity contribution in [3.8, 4) is 38.6 Å². The zero-order valence-electron chi connectivity index (χ0n) is 44.1. The van der Waals surface area contributed by atoms with Crippen LogP contribution in [0.15, 0.2) is 103 Å².